The van der Waals surface area contributed by atoms with Crippen LogP contribution in [-0.4, -0.2) is 35.0 Å². The molecule has 0 spiro atoms. The number of aliphatic carboxylic acids is 1. The molecule has 0 saturated carbocycles. The van der Waals surface area contributed by atoms with Gasteiger partial charge in [0.25, 0.3) is 5.91 Å². The fourth-order valence-corrected chi connectivity index (χ4v) is 2.30. The summed E-state index contributed by atoms with van der Waals surface area (Å²) in [5, 5.41) is 8.85. The number of benzene rings is 1. The maximum Gasteiger partial charge on any atom is 0.349 e. The number of carbonyl (C=O) groups is 2. The van der Waals surface area contributed by atoms with E-state index in [1.165, 1.54) is 24.3 Å². The molecule has 108 valence electrons. The summed E-state index contributed by atoms with van der Waals surface area (Å²) in [6.45, 7) is 0.108. The van der Waals surface area contributed by atoms with Gasteiger partial charge in [-0.2, -0.15) is 8.78 Å². The second-order valence-electron chi connectivity index (χ2n) is 4.85. The molecule has 1 amide bonds. The molecule has 6 heteroatoms. The Kier molecular flexibility index (Phi) is 4.01. The molecule has 1 aliphatic rings. The van der Waals surface area contributed by atoms with Gasteiger partial charge < -0.3 is 10.0 Å². The minimum absolute atomic E-state index is 0.0538. The number of halogens is 2. The van der Waals surface area contributed by atoms with Crippen LogP contribution in [0.3, 0.4) is 0 Å². The highest BCUT2D eigenvalue weighted by molar-refractivity contribution is 5.85. The zero-order chi connectivity index (χ0) is 14.8. The van der Waals surface area contributed by atoms with Gasteiger partial charge in [-0.3, -0.25) is 9.59 Å². The predicted molar refractivity (Wildman–Crippen MR) is 67.3 cm³/mol. The Balaban J connectivity index is 2.07. The number of amides is 1. The lowest BCUT2D eigenvalue weighted by Crippen LogP contribution is -2.46. The summed E-state index contributed by atoms with van der Waals surface area (Å²) >= 11 is 0. The molecule has 4 nitrogen and oxygen atoms in total. The van der Waals surface area contributed by atoms with Crippen molar-refractivity contribution in [2.24, 2.45) is 5.92 Å². The van der Waals surface area contributed by atoms with E-state index < -0.39 is 23.7 Å². The van der Waals surface area contributed by atoms with E-state index in [1.54, 1.807) is 6.07 Å². The van der Waals surface area contributed by atoms with E-state index in [0.717, 1.165) is 4.90 Å². The number of nitrogens with zero attached hydrogens (tertiary/aromatic N) is 1. The highest BCUT2D eigenvalue weighted by Crippen LogP contribution is 2.31. The maximum absolute atomic E-state index is 14.1. The second-order valence-corrected chi connectivity index (χ2v) is 4.85. The van der Waals surface area contributed by atoms with Crippen molar-refractivity contribution in [3.05, 3.63) is 35.9 Å². The van der Waals surface area contributed by atoms with Gasteiger partial charge in [-0.25, -0.2) is 0 Å². The number of carboxylic acid groups (broad SMARTS) is 1. The number of hydrogen-bond donors (Lipinski definition) is 1. The minimum atomic E-state index is -3.57. The van der Waals surface area contributed by atoms with Gasteiger partial charge in [0.1, 0.15) is 0 Å². The summed E-state index contributed by atoms with van der Waals surface area (Å²) in [4.78, 5) is 23.8. The van der Waals surface area contributed by atoms with Crippen molar-refractivity contribution in [2.45, 2.75) is 18.8 Å². The SMILES string of the molecule is O=C(O)C1CCN(C(=O)C(F)(F)c2ccccc2)CC1. The van der Waals surface area contributed by atoms with Crippen LogP contribution in [0.5, 0.6) is 0 Å². The Morgan fingerprint density at radius 1 is 1.15 bits per heavy atom. The Morgan fingerprint density at radius 2 is 1.70 bits per heavy atom. The van der Waals surface area contributed by atoms with Gasteiger partial charge in [0.15, 0.2) is 0 Å². The zero-order valence-corrected chi connectivity index (χ0v) is 10.8. The lowest BCUT2D eigenvalue weighted by Gasteiger charge is -2.32. The van der Waals surface area contributed by atoms with E-state index in [2.05, 4.69) is 0 Å². The van der Waals surface area contributed by atoms with Crippen LogP contribution < -0.4 is 0 Å². The van der Waals surface area contributed by atoms with Crippen LogP contribution >= 0.6 is 0 Å². The van der Waals surface area contributed by atoms with E-state index in [9.17, 15) is 18.4 Å². The highest BCUT2D eigenvalue weighted by Gasteiger charge is 2.44. The number of rotatable bonds is 3. The molecular formula is C14H15F2NO3. The lowest BCUT2D eigenvalue weighted by molar-refractivity contribution is -0.162. The van der Waals surface area contributed by atoms with Crippen molar-refractivity contribution in [1.29, 1.82) is 0 Å². The van der Waals surface area contributed by atoms with Gasteiger partial charge >= 0.3 is 11.9 Å². The van der Waals surface area contributed by atoms with E-state index in [0.29, 0.717) is 0 Å². The normalized spacial score (nSPS) is 17.0. The molecule has 20 heavy (non-hydrogen) atoms. The zero-order valence-electron chi connectivity index (χ0n) is 10.8. The summed E-state index contributed by atoms with van der Waals surface area (Å²) in [7, 11) is 0. The summed E-state index contributed by atoms with van der Waals surface area (Å²) < 4.78 is 28.2. The fraction of sp³-hybridized carbons (Fsp3) is 0.429. The van der Waals surface area contributed by atoms with Gasteiger partial charge in [0.2, 0.25) is 0 Å². The van der Waals surface area contributed by atoms with Crippen LogP contribution in [0, 0.1) is 5.92 Å². The van der Waals surface area contributed by atoms with Crippen LogP contribution in [0.2, 0.25) is 0 Å². The first-order chi connectivity index (χ1) is 9.43. The lowest BCUT2D eigenvalue weighted by atomic mass is 9.96. The first-order valence-electron chi connectivity index (χ1n) is 6.38. The van der Waals surface area contributed by atoms with Crippen LogP contribution in [-0.2, 0) is 15.5 Å². The molecule has 1 aromatic carbocycles. The van der Waals surface area contributed by atoms with Crippen molar-refractivity contribution < 1.29 is 23.5 Å². The van der Waals surface area contributed by atoms with Crippen molar-refractivity contribution in [1.82, 2.24) is 4.90 Å². The number of alkyl halides is 2. The first-order valence-corrected chi connectivity index (χ1v) is 6.38. The van der Waals surface area contributed by atoms with Crippen molar-refractivity contribution in [3.8, 4) is 0 Å². The molecule has 1 heterocycles. The highest BCUT2D eigenvalue weighted by atomic mass is 19.3. The quantitative estimate of drug-likeness (QED) is 0.924. The number of carbonyl (C=O) groups excluding carboxylic acids is 1. The molecule has 0 aromatic heterocycles. The van der Waals surface area contributed by atoms with Crippen LogP contribution in [0.1, 0.15) is 18.4 Å². The van der Waals surface area contributed by atoms with Gasteiger partial charge in [-0.1, -0.05) is 30.3 Å². The average Bonchev–Trinajstić information content (AvgIpc) is 2.47. The molecule has 2 rings (SSSR count). The Morgan fingerprint density at radius 3 is 2.20 bits per heavy atom. The van der Waals surface area contributed by atoms with Crippen LogP contribution in [0.15, 0.2) is 30.3 Å². The molecule has 1 fully saturated rings. The van der Waals surface area contributed by atoms with Crippen molar-refractivity contribution >= 4 is 11.9 Å². The van der Waals surface area contributed by atoms with Crippen molar-refractivity contribution in [3.63, 3.8) is 0 Å². The molecule has 0 atom stereocenters. The molecule has 1 aliphatic heterocycles. The summed E-state index contributed by atoms with van der Waals surface area (Å²) in [5.74, 6) is -6.32. The molecule has 0 radical (unpaired) electrons. The Bertz CT molecular complexity index is 496. The topological polar surface area (TPSA) is 57.6 Å². The van der Waals surface area contributed by atoms with Gasteiger partial charge in [0, 0.05) is 18.7 Å². The largest absolute Gasteiger partial charge is 0.481 e. The molecule has 0 aliphatic carbocycles. The predicted octanol–water partition coefficient (Wildman–Crippen LogP) is 2.10. The van der Waals surface area contributed by atoms with Gasteiger partial charge in [-0.05, 0) is 12.8 Å². The van der Waals surface area contributed by atoms with E-state index in [4.69, 9.17) is 5.11 Å². The van der Waals surface area contributed by atoms with E-state index in [1.807, 2.05) is 0 Å². The standard InChI is InChI=1S/C14H15F2NO3/c15-14(16,11-4-2-1-3-5-11)13(20)17-8-6-10(7-9-17)12(18)19/h1-5,10H,6-9H2,(H,18,19). The van der Waals surface area contributed by atoms with E-state index >= 15 is 0 Å². The molecule has 1 saturated heterocycles. The fourth-order valence-electron chi connectivity index (χ4n) is 2.30. The van der Waals surface area contributed by atoms with E-state index in [-0.39, 0.29) is 31.5 Å². The number of likely N-dealkylation sites (tertiary alicyclic amines) is 1. The van der Waals surface area contributed by atoms with Crippen LogP contribution in [0.25, 0.3) is 0 Å². The third-order valence-corrected chi connectivity index (χ3v) is 3.54. The Hall–Kier alpha value is -1.98. The number of hydrogen-bond acceptors (Lipinski definition) is 2. The number of carboxylic acids is 1. The van der Waals surface area contributed by atoms with Gasteiger partial charge in [-0.15, -0.1) is 0 Å². The maximum atomic E-state index is 14.1. The van der Waals surface area contributed by atoms with Crippen LogP contribution in [0.4, 0.5) is 8.78 Å². The average molecular weight is 283 g/mol. The summed E-state index contributed by atoms with van der Waals surface area (Å²) in [5.41, 5.74) is -0.342. The number of piperidine rings is 1. The second kappa shape index (κ2) is 5.56. The molecule has 1 N–H and O–H groups in total. The molecule has 0 bridgehead atoms. The van der Waals surface area contributed by atoms with Gasteiger partial charge in [0.05, 0.1) is 5.92 Å². The third-order valence-electron chi connectivity index (χ3n) is 3.54. The van der Waals surface area contributed by atoms with Crippen molar-refractivity contribution in [2.75, 3.05) is 13.1 Å². The summed E-state index contributed by atoms with van der Waals surface area (Å²) in [6.07, 6.45) is 0.428. The molecular weight excluding hydrogens is 268 g/mol. The third kappa shape index (κ3) is 2.79. The monoisotopic (exact) mass is 283 g/mol. The smallest absolute Gasteiger partial charge is 0.349 e. The first kappa shape index (κ1) is 14.4. The minimum Gasteiger partial charge on any atom is -0.481 e. The summed E-state index contributed by atoms with van der Waals surface area (Å²) in [6, 6.07) is 6.92. The Labute approximate surface area is 115 Å². The molecule has 0 unspecified atom stereocenters. The molecule has 1 aromatic rings.